The van der Waals surface area contributed by atoms with E-state index in [1.54, 1.807) is 15.9 Å². The van der Waals surface area contributed by atoms with Crippen LogP contribution in [0.25, 0.3) is 4.96 Å². The molecule has 2 aromatic heterocycles. The zero-order valence-electron chi connectivity index (χ0n) is 15.8. The number of aromatic nitrogens is 3. The van der Waals surface area contributed by atoms with Crippen LogP contribution in [0.1, 0.15) is 48.1 Å². The van der Waals surface area contributed by atoms with E-state index in [1.165, 1.54) is 17.5 Å². The average molecular weight is 371 g/mol. The van der Waals surface area contributed by atoms with Crippen molar-refractivity contribution >= 4 is 16.3 Å². The fourth-order valence-electron chi connectivity index (χ4n) is 4.35. The standard InChI is InChI=1S/C20H26N4OS/c1-12-9-13(2)11-23(10-12)17(16-8-6-5-7-14(16)3)18-19(25)24-20(26-18)21-15(4)22-24/h5-8,12-13,17,25H,9-11H2,1-4H3/t12-,13+,17-/m0/s1. The molecule has 4 rings (SSSR count). The van der Waals surface area contributed by atoms with E-state index in [4.69, 9.17) is 0 Å². The lowest BCUT2D eigenvalue weighted by atomic mass is 9.88. The van der Waals surface area contributed by atoms with Crippen molar-refractivity contribution in [1.82, 2.24) is 19.5 Å². The molecular weight excluding hydrogens is 344 g/mol. The molecule has 1 saturated heterocycles. The maximum atomic E-state index is 10.9. The van der Waals surface area contributed by atoms with Crippen molar-refractivity contribution in [2.75, 3.05) is 13.1 Å². The molecule has 0 radical (unpaired) electrons. The molecule has 5 nitrogen and oxygen atoms in total. The van der Waals surface area contributed by atoms with Crippen LogP contribution in [0.4, 0.5) is 0 Å². The lowest BCUT2D eigenvalue weighted by Gasteiger charge is -2.40. The van der Waals surface area contributed by atoms with Crippen molar-refractivity contribution in [3.8, 4) is 5.88 Å². The Balaban J connectivity index is 1.85. The van der Waals surface area contributed by atoms with Crippen LogP contribution >= 0.6 is 11.3 Å². The summed E-state index contributed by atoms with van der Waals surface area (Å²) in [4.78, 5) is 8.68. The number of fused-ring (bicyclic) bond motifs is 1. The van der Waals surface area contributed by atoms with Gasteiger partial charge in [0.1, 0.15) is 5.82 Å². The molecule has 3 atom stereocenters. The number of aromatic hydroxyl groups is 1. The molecule has 0 amide bonds. The van der Waals surface area contributed by atoms with Crippen LogP contribution < -0.4 is 0 Å². The monoisotopic (exact) mass is 370 g/mol. The Morgan fingerprint density at radius 3 is 2.50 bits per heavy atom. The summed E-state index contributed by atoms with van der Waals surface area (Å²) in [5.41, 5.74) is 2.50. The van der Waals surface area contributed by atoms with Gasteiger partial charge >= 0.3 is 0 Å². The van der Waals surface area contributed by atoms with E-state index in [-0.39, 0.29) is 11.9 Å². The molecular formula is C20H26N4OS. The zero-order chi connectivity index (χ0) is 18.4. The maximum absolute atomic E-state index is 10.9. The molecule has 3 aromatic rings. The number of benzene rings is 1. The first-order valence-corrected chi connectivity index (χ1v) is 10.1. The van der Waals surface area contributed by atoms with Crippen molar-refractivity contribution in [1.29, 1.82) is 0 Å². The van der Waals surface area contributed by atoms with Crippen LogP contribution in [0.5, 0.6) is 5.88 Å². The molecule has 6 heteroatoms. The molecule has 1 aliphatic heterocycles. The number of hydrogen-bond acceptors (Lipinski definition) is 5. The Morgan fingerprint density at radius 2 is 1.85 bits per heavy atom. The van der Waals surface area contributed by atoms with Crippen LogP contribution in [0.15, 0.2) is 24.3 Å². The Bertz CT molecular complexity index is 921. The van der Waals surface area contributed by atoms with E-state index < -0.39 is 0 Å². The number of piperidine rings is 1. The fourth-order valence-corrected chi connectivity index (χ4v) is 5.50. The lowest BCUT2D eigenvalue weighted by molar-refractivity contribution is 0.111. The second-order valence-electron chi connectivity index (χ2n) is 7.80. The molecule has 0 saturated carbocycles. The van der Waals surface area contributed by atoms with Crippen LogP contribution in [-0.4, -0.2) is 37.7 Å². The van der Waals surface area contributed by atoms with Crippen molar-refractivity contribution in [3.05, 3.63) is 46.1 Å². The highest BCUT2D eigenvalue weighted by molar-refractivity contribution is 7.17. The highest BCUT2D eigenvalue weighted by atomic mass is 32.1. The van der Waals surface area contributed by atoms with E-state index in [2.05, 4.69) is 60.0 Å². The van der Waals surface area contributed by atoms with Gasteiger partial charge in [0.05, 0.1) is 10.9 Å². The van der Waals surface area contributed by atoms with E-state index in [0.29, 0.717) is 17.7 Å². The predicted molar refractivity (Wildman–Crippen MR) is 105 cm³/mol. The van der Waals surface area contributed by atoms with Crippen LogP contribution in [-0.2, 0) is 0 Å². The highest BCUT2D eigenvalue weighted by Gasteiger charge is 2.34. The average Bonchev–Trinajstić information content (AvgIpc) is 3.07. The summed E-state index contributed by atoms with van der Waals surface area (Å²) in [6, 6.07) is 8.53. The molecule has 0 unspecified atom stereocenters. The van der Waals surface area contributed by atoms with Crippen LogP contribution in [0.3, 0.4) is 0 Å². The Morgan fingerprint density at radius 1 is 1.15 bits per heavy atom. The smallest absolute Gasteiger partial charge is 0.230 e. The van der Waals surface area contributed by atoms with Gasteiger partial charge < -0.3 is 5.11 Å². The van der Waals surface area contributed by atoms with Gasteiger partial charge in [0.25, 0.3) is 0 Å². The van der Waals surface area contributed by atoms with Crippen molar-refractivity contribution in [3.63, 3.8) is 0 Å². The molecule has 1 aliphatic rings. The minimum atomic E-state index is 0.0372. The van der Waals surface area contributed by atoms with Gasteiger partial charge in [-0.1, -0.05) is 49.4 Å². The van der Waals surface area contributed by atoms with Gasteiger partial charge in [-0.25, -0.2) is 4.98 Å². The quantitative estimate of drug-likeness (QED) is 0.751. The summed E-state index contributed by atoms with van der Waals surface area (Å²) in [5, 5.41) is 15.3. The van der Waals surface area contributed by atoms with E-state index in [0.717, 1.165) is 22.9 Å². The number of rotatable bonds is 3. The molecule has 26 heavy (non-hydrogen) atoms. The van der Waals surface area contributed by atoms with E-state index in [1.807, 2.05) is 6.92 Å². The highest BCUT2D eigenvalue weighted by Crippen LogP contribution is 2.42. The van der Waals surface area contributed by atoms with Crippen LogP contribution in [0.2, 0.25) is 0 Å². The molecule has 138 valence electrons. The topological polar surface area (TPSA) is 53.7 Å². The molecule has 0 bridgehead atoms. The third kappa shape index (κ3) is 3.01. The third-order valence-electron chi connectivity index (χ3n) is 5.30. The largest absolute Gasteiger partial charge is 0.492 e. The SMILES string of the molecule is Cc1nc2sc([C@H](c3ccccc3C)N3C[C@H](C)C[C@H](C)C3)c(O)n2n1. The van der Waals surface area contributed by atoms with Crippen molar-refractivity contribution < 1.29 is 5.11 Å². The third-order valence-corrected chi connectivity index (χ3v) is 6.37. The van der Waals surface area contributed by atoms with Gasteiger partial charge in [-0.05, 0) is 43.2 Å². The van der Waals surface area contributed by atoms with Crippen molar-refractivity contribution in [2.24, 2.45) is 11.8 Å². The number of nitrogens with zero attached hydrogens (tertiary/aromatic N) is 4. The first-order chi connectivity index (χ1) is 12.4. The summed E-state index contributed by atoms with van der Waals surface area (Å²) in [7, 11) is 0. The second-order valence-corrected chi connectivity index (χ2v) is 8.81. The zero-order valence-corrected chi connectivity index (χ0v) is 16.6. The summed E-state index contributed by atoms with van der Waals surface area (Å²) in [6.07, 6.45) is 1.26. The minimum Gasteiger partial charge on any atom is -0.492 e. The summed E-state index contributed by atoms with van der Waals surface area (Å²) in [5.74, 6) is 2.21. The molecule has 3 heterocycles. The first kappa shape index (κ1) is 17.5. The molecule has 0 spiro atoms. The normalized spacial score (nSPS) is 22.8. The minimum absolute atomic E-state index is 0.0372. The van der Waals surface area contributed by atoms with Crippen molar-refractivity contribution in [2.45, 2.75) is 40.2 Å². The van der Waals surface area contributed by atoms with Gasteiger partial charge in [0, 0.05) is 13.1 Å². The van der Waals surface area contributed by atoms with Gasteiger partial charge in [-0.15, -0.1) is 5.10 Å². The number of likely N-dealkylation sites (tertiary alicyclic amines) is 1. The van der Waals surface area contributed by atoms with E-state index in [9.17, 15) is 5.11 Å². The number of hydrogen-bond donors (Lipinski definition) is 1. The molecule has 1 fully saturated rings. The maximum Gasteiger partial charge on any atom is 0.230 e. The summed E-state index contributed by atoms with van der Waals surface area (Å²) >= 11 is 1.55. The molecule has 0 aliphatic carbocycles. The van der Waals surface area contributed by atoms with Gasteiger partial charge in [-0.3, -0.25) is 4.90 Å². The molecule has 1 N–H and O–H groups in total. The van der Waals surface area contributed by atoms with Gasteiger partial charge in [0.15, 0.2) is 0 Å². The lowest BCUT2D eigenvalue weighted by Crippen LogP contribution is -2.41. The Hall–Kier alpha value is -1.92. The second kappa shape index (κ2) is 6.67. The van der Waals surface area contributed by atoms with Gasteiger partial charge in [-0.2, -0.15) is 4.52 Å². The van der Waals surface area contributed by atoms with E-state index >= 15 is 0 Å². The Labute approximate surface area is 158 Å². The number of aryl methyl sites for hydroxylation is 2. The predicted octanol–water partition coefficient (Wildman–Crippen LogP) is 4.18. The summed E-state index contributed by atoms with van der Waals surface area (Å²) < 4.78 is 1.58. The van der Waals surface area contributed by atoms with Crippen LogP contribution in [0, 0.1) is 25.7 Å². The van der Waals surface area contributed by atoms with Gasteiger partial charge in [0.2, 0.25) is 10.8 Å². The fraction of sp³-hybridized carbons (Fsp3) is 0.500. The first-order valence-electron chi connectivity index (χ1n) is 9.28. The molecule has 1 aromatic carbocycles. The summed E-state index contributed by atoms with van der Waals surface area (Å²) in [6.45, 7) is 10.7. The number of thiazole rings is 1. The Kier molecular flexibility index (Phi) is 4.49.